The van der Waals surface area contributed by atoms with Gasteiger partial charge in [0.25, 0.3) is 0 Å². The van der Waals surface area contributed by atoms with Crippen LogP contribution in [0.4, 0.5) is 9.18 Å². The van der Waals surface area contributed by atoms with Crippen molar-refractivity contribution in [1.29, 1.82) is 0 Å². The van der Waals surface area contributed by atoms with E-state index in [4.69, 9.17) is 4.74 Å². The van der Waals surface area contributed by atoms with Gasteiger partial charge in [-0.3, -0.25) is 9.58 Å². The molecule has 0 radical (unpaired) electrons. The Balaban J connectivity index is 1.96. The van der Waals surface area contributed by atoms with Crippen molar-refractivity contribution < 1.29 is 13.9 Å². The zero-order valence-electron chi connectivity index (χ0n) is 13.7. The largest absolute Gasteiger partial charge is 0.447 e. The molecule has 1 aromatic heterocycles. The standard InChI is InChI=1S/C15H25FN4O2/c1-11(2)22-15(21)18(3)9-14-7-12(16)8-20(14)10-13-5-6-17-19(13)4/h5-6,11-12,14H,7-10H2,1-4H3/t12-,14-/m0/s1. The van der Waals surface area contributed by atoms with Crippen molar-refractivity contribution in [2.75, 3.05) is 20.1 Å². The minimum atomic E-state index is -0.854. The van der Waals surface area contributed by atoms with Crippen LogP contribution in [-0.4, -0.2) is 64.1 Å². The van der Waals surface area contributed by atoms with Crippen molar-refractivity contribution in [3.63, 3.8) is 0 Å². The smallest absolute Gasteiger partial charge is 0.409 e. The van der Waals surface area contributed by atoms with Gasteiger partial charge in [0.15, 0.2) is 0 Å². The third-order valence-corrected chi connectivity index (χ3v) is 3.90. The molecule has 0 spiro atoms. The third-order valence-electron chi connectivity index (χ3n) is 3.90. The lowest BCUT2D eigenvalue weighted by atomic mass is 10.2. The van der Waals surface area contributed by atoms with Crippen LogP contribution in [-0.2, 0) is 18.3 Å². The average Bonchev–Trinajstić information content (AvgIpc) is 2.96. The first-order valence-electron chi connectivity index (χ1n) is 7.63. The highest BCUT2D eigenvalue weighted by Gasteiger charge is 2.34. The number of aryl methyl sites for hydroxylation is 1. The van der Waals surface area contributed by atoms with Crippen LogP contribution in [0, 0.1) is 0 Å². The summed E-state index contributed by atoms with van der Waals surface area (Å²) in [7, 11) is 3.57. The maximum atomic E-state index is 13.8. The van der Waals surface area contributed by atoms with Gasteiger partial charge in [-0.15, -0.1) is 0 Å². The van der Waals surface area contributed by atoms with Crippen LogP contribution in [0.2, 0.25) is 0 Å². The Morgan fingerprint density at radius 1 is 1.59 bits per heavy atom. The number of hydrogen-bond acceptors (Lipinski definition) is 4. The lowest BCUT2D eigenvalue weighted by molar-refractivity contribution is 0.0755. The summed E-state index contributed by atoms with van der Waals surface area (Å²) in [6.07, 6.45) is 0.805. The zero-order valence-corrected chi connectivity index (χ0v) is 13.7. The topological polar surface area (TPSA) is 50.6 Å². The molecule has 1 aliphatic heterocycles. The van der Waals surface area contributed by atoms with Crippen LogP contribution < -0.4 is 0 Å². The van der Waals surface area contributed by atoms with Gasteiger partial charge in [-0.1, -0.05) is 0 Å². The van der Waals surface area contributed by atoms with Crippen LogP contribution in [0.5, 0.6) is 0 Å². The van der Waals surface area contributed by atoms with Crippen LogP contribution in [0.3, 0.4) is 0 Å². The van der Waals surface area contributed by atoms with E-state index in [-0.39, 0.29) is 18.2 Å². The van der Waals surface area contributed by atoms with Crippen LogP contribution in [0.15, 0.2) is 12.3 Å². The molecule has 22 heavy (non-hydrogen) atoms. The second kappa shape index (κ2) is 7.09. The lowest BCUT2D eigenvalue weighted by Gasteiger charge is -2.28. The van der Waals surface area contributed by atoms with E-state index in [0.29, 0.717) is 26.1 Å². The summed E-state index contributed by atoms with van der Waals surface area (Å²) in [4.78, 5) is 15.5. The fraction of sp³-hybridized carbons (Fsp3) is 0.733. The van der Waals surface area contributed by atoms with E-state index in [0.717, 1.165) is 5.69 Å². The van der Waals surface area contributed by atoms with E-state index >= 15 is 0 Å². The lowest BCUT2D eigenvalue weighted by Crippen LogP contribution is -2.41. The Labute approximate surface area is 130 Å². The van der Waals surface area contributed by atoms with Gasteiger partial charge in [0.2, 0.25) is 0 Å². The molecular formula is C15H25FN4O2. The zero-order chi connectivity index (χ0) is 16.3. The molecule has 0 saturated carbocycles. The van der Waals surface area contributed by atoms with Crippen molar-refractivity contribution in [3.05, 3.63) is 18.0 Å². The first-order valence-corrected chi connectivity index (χ1v) is 7.63. The van der Waals surface area contributed by atoms with Gasteiger partial charge in [-0.2, -0.15) is 5.10 Å². The molecule has 7 heteroatoms. The SMILES string of the molecule is CC(C)OC(=O)N(C)C[C@@H]1C[C@H](F)CN1Cc1ccnn1C. The summed E-state index contributed by atoms with van der Waals surface area (Å²) >= 11 is 0. The summed E-state index contributed by atoms with van der Waals surface area (Å²) < 4.78 is 20.8. The normalized spacial score (nSPS) is 22.3. The van der Waals surface area contributed by atoms with Gasteiger partial charge in [-0.05, 0) is 26.3 Å². The molecule has 1 amide bonds. The number of carbonyl (C=O) groups excluding carboxylic acids is 1. The Bertz CT molecular complexity index is 505. The number of ether oxygens (including phenoxy) is 1. The van der Waals surface area contributed by atoms with Crippen molar-refractivity contribution in [2.24, 2.45) is 7.05 Å². The maximum Gasteiger partial charge on any atom is 0.409 e. The number of likely N-dealkylation sites (N-methyl/N-ethyl adjacent to an activating group) is 1. The Kier molecular flexibility index (Phi) is 5.39. The minimum Gasteiger partial charge on any atom is -0.447 e. The van der Waals surface area contributed by atoms with Crippen molar-refractivity contribution in [2.45, 2.75) is 45.1 Å². The fourth-order valence-corrected chi connectivity index (χ4v) is 2.75. The van der Waals surface area contributed by atoms with Gasteiger partial charge >= 0.3 is 6.09 Å². The predicted molar refractivity (Wildman–Crippen MR) is 81.2 cm³/mol. The minimum absolute atomic E-state index is 0.00499. The van der Waals surface area contributed by atoms with E-state index in [1.165, 1.54) is 4.90 Å². The number of carbonyl (C=O) groups is 1. The number of aromatic nitrogens is 2. The molecule has 1 fully saturated rings. The molecule has 1 aliphatic rings. The molecule has 0 aliphatic carbocycles. The molecule has 1 aromatic rings. The molecule has 1 saturated heterocycles. The Morgan fingerprint density at radius 3 is 2.91 bits per heavy atom. The van der Waals surface area contributed by atoms with Gasteiger partial charge < -0.3 is 9.64 Å². The van der Waals surface area contributed by atoms with E-state index in [9.17, 15) is 9.18 Å². The molecule has 2 atom stereocenters. The second-order valence-electron chi connectivity index (χ2n) is 6.18. The van der Waals surface area contributed by atoms with E-state index in [2.05, 4.69) is 10.00 Å². The Morgan fingerprint density at radius 2 is 2.32 bits per heavy atom. The molecule has 2 rings (SSSR count). The van der Waals surface area contributed by atoms with Crippen LogP contribution in [0.1, 0.15) is 26.0 Å². The van der Waals surface area contributed by atoms with Gasteiger partial charge in [-0.25, -0.2) is 9.18 Å². The van der Waals surface area contributed by atoms with E-state index in [1.54, 1.807) is 17.9 Å². The summed E-state index contributed by atoms with van der Waals surface area (Å²) in [5, 5.41) is 4.14. The molecule has 0 unspecified atom stereocenters. The highest BCUT2D eigenvalue weighted by molar-refractivity contribution is 5.67. The number of nitrogens with zero attached hydrogens (tertiary/aromatic N) is 4. The van der Waals surface area contributed by atoms with E-state index in [1.807, 2.05) is 27.0 Å². The summed E-state index contributed by atoms with van der Waals surface area (Å²) in [5.41, 5.74) is 1.03. The maximum absolute atomic E-state index is 13.8. The third kappa shape index (κ3) is 4.19. The van der Waals surface area contributed by atoms with Crippen LogP contribution in [0.25, 0.3) is 0 Å². The first-order chi connectivity index (χ1) is 10.4. The molecule has 6 nitrogen and oxygen atoms in total. The fourth-order valence-electron chi connectivity index (χ4n) is 2.75. The molecule has 0 bridgehead atoms. The monoisotopic (exact) mass is 312 g/mol. The number of likely N-dealkylation sites (tertiary alicyclic amines) is 1. The Hall–Kier alpha value is -1.63. The predicted octanol–water partition coefficient (Wildman–Crippen LogP) is 1.81. The average molecular weight is 312 g/mol. The van der Waals surface area contributed by atoms with Crippen molar-refractivity contribution in [3.8, 4) is 0 Å². The molecular weight excluding hydrogens is 287 g/mol. The van der Waals surface area contributed by atoms with Gasteiger partial charge in [0, 0.05) is 46.0 Å². The number of rotatable bonds is 5. The highest BCUT2D eigenvalue weighted by atomic mass is 19.1. The number of hydrogen-bond donors (Lipinski definition) is 0. The first kappa shape index (κ1) is 16.7. The number of alkyl halides is 1. The number of amides is 1. The van der Waals surface area contributed by atoms with Gasteiger partial charge in [0.05, 0.1) is 11.8 Å². The molecule has 2 heterocycles. The number of halogens is 1. The van der Waals surface area contributed by atoms with Gasteiger partial charge in [0.1, 0.15) is 6.17 Å². The van der Waals surface area contributed by atoms with Crippen molar-refractivity contribution in [1.82, 2.24) is 19.6 Å². The molecule has 0 aromatic carbocycles. The molecule has 124 valence electrons. The van der Waals surface area contributed by atoms with Crippen LogP contribution >= 0.6 is 0 Å². The summed E-state index contributed by atoms with van der Waals surface area (Å²) in [6.45, 7) is 5.11. The quantitative estimate of drug-likeness (QED) is 0.832. The van der Waals surface area contributed by atoms with E-state index < -0.39 is 6.17 Å². The summed E-state index contributed by atoms with van der Waals surface area (Å²) in [6, 6.07) is 1.92. The summed E-state index contributed by atoms with van der Waals surface area (Å²) in [5.74, 6) is 0. The highest BCUT2D eigenvalue weighted by Crippen LogP contribution is 2.23. The second-order valence-corrected chi connectivity index (χ2v) is 6.18. The van der Waals surface area contributed by atoms with Crippen molar-refractivity contribution >= 4 is 6.09 Å². The molecule has 0 N–H and O–H groups in total.